The molecule has 29 heavy (non-hydrogen) atoms. The number of carboxylic acid groups (broad SMARTS) is 1. The minimum absolute atomic E-state index is 0.250. The van der Waals surface area contributed by atoms with Gasteiger partial charge in [0.25, 0.3) is 12.9 Å². The fraction of sp³-hybridized carbons (Fsp3) is 0.273. The zero-order chi connectivity index (χ0) is 21.6. The van der Waals surface area contributed by atoms with E-state index in [0.717, 1.165) is 23.4 Å². The van der Waals surface area contributed by atoms with E-state index in [1.807, 2.05) is 61.3 Å². The lowest BCUT2D eigenvalue weighted by Crippen LogP contribution is -2.16. The van der Waals surface area contributed by atoms with Gasteiger partial charge in [-0.05, 0) is 37.6 Å². The summed E-state index contributed by atoms with van der Waals surface area (Å²) in [5.74, 6) is 1.91. The monoisotopic (exact) mass is 401 g/mol. The molecule has 7 nitrogen and oxygen atoms in total. The molecule has 0 saturated heterocycles. The average molecular weight is 401 g/mol. The fourth-order valence-electron chi connectivity index (χ4n) is 2.70. The fourth-order valence-corrected chi connectivity index (χ4v) is 2.70. The second-order valence-corrected chi connectivity index (χ2v) is 5.73. The van der Waals surface area contributed by atoms with Gasteiger partial charge in [0.15, 0.2) is 11.5 Å². The summed E-state index contributed by atoms with van der Waals surface area (Å²) in [5.41, 5.74) is 2.68. The van der Waals surface area contributed by atoms with Crippen LogP contribution in [0.2, 0.25) is 0 Å². The minimum Gasteiger partial charge on any atom is -0.493 e. The van der Waals surface area contributed by atoms with Crippen LogP contribution in [0.3, 0.4) is 0 Å². The highest BCUT2D eigenvalue weighted by atomic mass is 16.5. The average Bonchev–Trinajstić information content (AvgIpc) is 2.74. The van der Waals surface area contributed by atoms with Crippen molar-refractivity contribution in [1.82, 2.24) is 0 Å². The Kier molecular flexibility index (Phi) is 10.4. The molecule has 0 aliphatic rings. The van der Waals surface area contributed by atoms with Crippen molar-refractivity contribution in [3.63, 3.8) is 0 Å². The van der Waals surface area contributed by atoms with Crippen LogP contribution < -0.4 is 19.1 Å². The smallest absolute Gasteiger partial charge is 0.298 e. The van der Waals surface area contributed by atoms with Crippen LogP contribution in [0.15, 0.2) is 48.5 Å². The van der Waals surface area contributed by atoms with Crippen molar-refractivity contribution in [1.29, 1.82) is 0 Å². The third-order valence-electron chi connectivity index (χ3n) is 3.97. The van der Waals surface area contributed by atoms with Crippen LogP contribution in [-0.2, 0) is 9.59 Å². The van der Waals surface area contributed by atoms with Crippen LogP contribution >= 0.6 is 0 Å². The molecule has 2 aromatic rings. The molecular formula is C22H27NO6. The first-order chi connectivity index (χ1) is 14.1. The Morgan fingerprint density at radius 3 is 2.38 bits per heavy atom. The van der Waals surface area contributed by atoms with Crippen molar-refractivity contribution in [3.8, 4) is 17.2 Å². The summed E-state index contributed by atoms with van der Waals surface area (Å²) >= 11 is 0. The van der Waals surface area contributed by atoms with E-state index in [2.05, 4.69) is 6.92 Å². The maximum Gasteiger partial charge on any atom is 0.298 e. The molecule has 0 atom stereocenters. The second-order valence-electron chi connectivity index (χ2n) is 5.73. The number of benzene rings is 2. The molecule has 0 unspecified atom stereocenters. The summed E-state index contributed by atoms with van der Waals surface area (Å²) in [7, 11) is 3.58. The Balaban J connectivity index is 0.00000132. The lowest BCUT2D eigenvalue weighted by Gasteiger charge is -2.25. The molecule has 1 N–H and O–H groups in total. The Morgan fingerprint density at radius 2 is 1.79 bits per heavy atom. The first-order valence-corrected chi connectivity index (χ1v) is 9.06. The van der Waals surface area contributed by atoms with Crippen molar-refractivity contribution in [2.45, 2.75) is 20.3 Å². The van der Waals surface area contributed by atoms with E-state index < -0.39 is 0 Å². The molecule has 0 radical (unpaired) electrons. The Morgan fingerprint density at radius 1 is 1.10 bits per heavy atom. The first-order valence-electron chi connectivity index (χ1n) is 9.06. The normalized spacial score (nSPS) is 10.3. The van der Waals surface area contributed by atoms with Gasteiger partial charge in [0.2, 0.25) is 0 Å². The van der Waals surface area contributed by atoms with Crippen molar-refractivity contribution in [2.75, 3.05) is 25.7 Å². The van der Waals surface area contributed by atoms with E-state index >= 15 is 0 Å². The molecule has 0 saturated carbocycles. The molecule has 2 aromatic carbocycles. The van der Waals surface area contributed by atoms with Gasteiger partial charge in [-0.3, -0.25) is 9.59 Å². The number of rotatable bonds is 9. The number of allylic oxidation sites excluding steroid dienone is 1. The first kappa shape index (κ1) is 23.6. The lowest BCUT2D eigenvalue weighted by molar-refractivity contribution is -0.123. The molecule has 0 aliphatic carbocycles. The van der Waals surface area contributed by atoms with Gasteiger partial charge in [0.1, 0.15) is 5.75 Å². The van der Waals surface area contributed by atoms with Crippen molar-refractivity contribution < 1.29 is 28.9 Å². The van der Waals surface area contributed by atoms with E-state index in [1.165, 1.54) is 0 Å². The molecule has 7 heteroatoms. The predicted molar refractivity (Wildman–Crippen MR) is 113 cm³/mol. The number of methoxy groups -OCH3 is 1. The third-order valence-corrected chi connectivity index (χ3v) is 3.97. The summed E-state index contributed by atoms with van der Waals surface area (Å²) in [4.78, 5) is 21.2. The van der Waals surface area contributed by atoms with Crippen LogP contribution in [0.5, 0.6) is 17.2 Å². The summed E-state index contributed by atoms with van der Waals surface area (Å²) in [6.07, 6.45) is 2.89. The molecule has 0 fully saturated rings. The summed E-state index contributed by atoms with van der Waals surface area (Å²) in [6.45, 7) is 4.82. The summed E-state index contributed by atoms with van der Waals surface area (Å²) in [5, 5.41) is 6.89. The van der Waals surface area contributed by atoms with Gasteiger partial charge < -0.3 is 24.2 Å². The number of hydrogen-bond donors (Lipinski definition) is 1. The van der Waals surface area contributed by atoms with Crippen LogP contribution in [0, 0.1) is 0 Å². The number of carbonyl (C=O) groups excluding carboxylic acids is 1. The highest BCUT2D eigenvalue weighted by Crippen LogP contribution is 2.36. The third kappa shape index (κ3) is 6.57. The van der Waals surface area contributed by atoms with Gasteiger partial charge >= 0.3 is 0 Å². The number of hydrogen-bond acceptors (Lipinski definition) is 6. The Hall–Kier alpha value is -3.48. The number of carbonyl (C=O) groups is 2. The highest BCUT2D eigenvalue weighted by Gasteiger charge is 2.15. The zero-order valence-electron chi connectivity index (χ0n) is 17.1. The van der Waals surface area contributed by atoms with Crippen molar-refractivity contribution >= 4 is 24.3 Å². The predicted octanol–water partition coefficient (Wildman–Crippen LogP) is 4.22. The summed E-state index contributed by atoms with van der Waals surface area (Å²) < 4.78 is 16.3. The molecule has 0 spiro atoms. The molecular weight excluding hydrogens is 374 g/mol. The van der Waals surface area contributed by atoms with E-state index in [1.54, 1.807) is 13.2 Å². The van der Waals surface area contributed by atoms with Gasteiger partial charge in [0.05, 0.1) is 13.7 Å². The van der Waals surface area contributed by atoms with Crippen LogP contribution in [0.25, 0.3) is 5.70 Å². The maximum absolute atomic E-state index is 10.8. The number of para-hydroxylation sites is 1. The number of anilines is 1. The van der Waals surface area contributed by atoms with Gasteiger partial charge in [0, 0.05) is 30.1 Å². The van der Waals surface area contributed by atoms with Crippen molar-refractivity contribution in [2.24, 2.45) is 0 Å². The highest BCUT2D eigenvalue weighted by molar-refractivity contribution is 5.82. The van der Waals surface area contributed by atoms with Crippen LogP contribution in [0.4, 0.5) is 5.69 Å². The Bertz CT molecular complexity index is 819. The van der Waals surface area contributed by atoms with Crippen LogP contribution in [-0.4, -0.2) is 38.8 Å². The Labute approximate surface area is 171 Å². The minimum atomic E-state index is -0.250. The zero-order valence-corrected chi connectivity index (χ0v) is 17.1. The summed E-state index contributed by atoms with van der Waals surface area (Å²) in [6, 6.07) is 13.2. The van der Waals surface area contributed by atoms with E-state index in [9.17, 15) is 4.79 Å². The van der Waals surface area contributed by atoms with Gasteiger partial charge in [-0.1, -0.05) is 25.1 Å². The topological polar surface area (TPSA) is 85.3 Å². The number of nitrogens with zero attached hydrogens (tertiary/aromatic N) is 1. The molecule has 0 bridgehead atoms. The van der Waals surface area contributed by atoms with Crippen molar-refractivity contribution in [3.05, 3.63) is 54.1 Å². The van der Waals surface area contributed by atoms with Gasteiger partial charge in [-0.2, -0.15) is 0 Å². The molecule has 0 aliphatic heterocycles. The molecule has 0 heterocycles. The van der Waals surface area contributed by atoms with E-state index in [4.69, 9.17) is 24.1 Å². The molecule has 156 valence electrons. The molecule has 2 rings (SSSR count). The SMILES string of the molecule is C/C=C(\c1ccccc1OC=O)N(C)c1ccc(OC)c(OCCC)c1.O=CO. The van der Waals surface area contributed by atoms with E-state index in [-0.39, 0.29) is 6.47 Å². The van der Waals surface area contributed by atoms with Gasteiger partial charge in [-0.15, -0.1) is 0 Å². The van der Waals surface area contributed by atoms with E-state index in [0.29, 0.717) is 30.3 Å². The van der Waals surface area contributed by atoms with Gasteiger partial charge in [-0.25, -0.2) is 0 Å². The molecule has 0 aromatic heterocycles. The lowest BCUT2D eigenvalue weighted by atomic mass is 10.1. The standard InChI is InChI=1S/C21H25NO4.CH2O2/c1-5-13-25-21-14-16(11-12-20(21)24-4)22(3)18(6-2)17-9-7-8-10-19(17)26-15-23;2-1-3/h6-12,14-15H,5,13H2,1-4H3;1H,(H,2,3)/b18-6+;. The maximum atomic E-state index is 10.8. The quantitative estimate of drug-likeness (QED) is 0.630. The van der Waals surface area contributed by atoms with Crippen LogP contribution in [0.1, 0.15) is 25.8 Å². The molecule has 0 amide bonds. The second kappa shape index (κ2) is 12.8. The number of ether oxygens (including phenoxy) is 3. The largest absolute Gasteiger partial charge is 0.493 e.